The normalized spacial score (nSPS) is 33.7. The summed E-state index contributed by atoms with van der Waals surface area (Å²) in [5, 5.41) is 51.1. The molecular weight excluding hydrogens is 771 g/mol. The molecule has 58 heavy (non-hydrogen) atoms. The van der Waals surface area contributed by atoms with Crippen molar-refractivity contribution in [1.29, 1.82) is 0 Å². The molecule has 6 rings (SSSR count). The van der Waals surface area contributed by atoms with Crippen molar-refractivity contribution in [2.45, 2.75) is 127 Å². The van der Waals surface area contributed by atoms with Crippen LogP contribution in [0.15, 0.2) is 71.8 Å². The van der Waals surface area contributed by atoms with Gasteiger partial charge in [-0.3, -0.25) is 9.59 Å². The van der Waals surface area contributed by atoms with Crippen molar-refractivity contribution in [3.63, 3.8) is 0 Å². The fraction of sp³-hybridized carbons (Fsp3) is 0.558. The molecule has 3 fully saturated rings. The van der Waals surface area contributed by atoms with Crippen molar-refractivity contribution in [3.8, 4) is 0 Å². The third kappa shape index (κ3) is 7.22. The average Bonchev–Trinajstić information content (AvgIpc) is 3.14. The van der Waals surface area contributed by atoms with E-state index in [9.17, 15) is 44.4 Å². The highest BCUT2D eigenvalue weighted by atomic mass is 32.2. The number of amides is 1. The Kier molecular flexibility index (Phi) is 11.5. The van der Waals surface area contributed by atoms with Gasteiger partial charge in [-0.1, -0.05) is 62.4 Å². The quantitative estimate of drug-likeness (QED) is 0.145. The average molecular weight is 824 g/mol. The molecular formula is C43H53NO13S. The van der Waals surface area contributed by atoms with E-state index in [0.717, 1.165) is 0 Å². The molecule has 1 aliphatic heterocycles. The van der Waals surface area contributed by atoms with Crippen molar-refractivity contribution >= 4 is 41.5 Å². The van der Waals surface area contributed by atoms with Crippen LogP contribution < -0.4 is 5.32 Å². The number of nitrogens with one attached hydrogen (secondary N) is 1. The summed E-state index contributed by atoms with van der Waals surface area (Å²) in [7, 11) is 0. The second kappa shape index (κ2) is 15.4. The number of fused-ring (bicyclic) bond motifs is 5. The van der Waals surface area contributed by atoms with Crippen molar-refractivity contribution in [2.24, 2.45) is 16.7 Å². The van der Waals surface area contributed by atoms with E-state index < -0.39 is 112 Å². The minimum atomic E-state index is -2.31. The topological polar surface area (TPSA) is 215 Å². The Bertz CT molecular complexity index is 1980. The van der Waals surface area contributed by atoms with Gasteiger partial charge < -0.3 is 44.7 Å². The standard InChI is InChI=1S/C43H53NO13S/c1-22-26(54-37(51)32(48)30(24-15-11-9-12-16-24)44-38(52)57-39(3,4)5)20-43(53)35(55-36(50)25-17-13-10-14-18-25)33-41(8,34(49)31(47)29(22)40(43,6)7)27(46)19-28-42(33,21-58-28)56-23(2)45/h9-18,26-28,30-33,35,46-48,53H,19-21H2,1-8H3,(H,44,52)/t26-,27-,28+,30-,31+,32+,33-,35-,41+,42-,43+/m0/s1. The van der Waals surface area contributed by atoms with Crippen LogP contribution in [-0.2, 0) is 33.3 Å². The Balaban J connectivity index is 1.49. The van der Waals surface area contributed by atoms with Gasteiger partial charge in [-0.15, -0.1) is 0 Å². The highest BCUT2D eigenvalue weighted by Crippen LogP contribution is 2.66. The SMILES string of the molecule is CC(=O)O[C@@]12CS[C@@H]1C[C@H](O)[C@@]1(C)C(=O)[C@H](O)C3=C(C)[C@@H](OC(=O)[C@H](O)[C@@H](NC(=O)OC(C)(C)C)c4ccccc4)C[C@@](O)([C@@H](OC(=O)c4ccccc4)[C@H]21)C3(C)C. The molecule has 2 aromatic carbocycles. The van der Waals surface area contributed by atoms with Gasteiger partial charge in [0.15, 0.2) is 11.9 Å². The smallest absolute Gasteiger partial charge is 0.408 e. The van der Waals surface area contributed by atoms with Crippen LogP contribution in [0.2, 0.25) is 0 Å². The molecule has 1 amide bonds. The molecule has 0 spiro atoms. The summed E-state index contributed by atoms with van der Waals surface area (Å²) >= 11 is 1.38. The molecule has 14 nitrogen and oxygen atoms in total. The van der Waals surface area contributed by atoms with Crippen LogP contribution in [0.4, 0.5) is 4.79 Å². The number of hydrogen-bond acceptors (Lipinski definition) is 14. The molecule has 2 aromatic rings. The Morgan fingerprint density at radius 2 is 1.55 bits per heavy atom. The maximum absolute atomic E-state index is 15.0. The number of ketones is 1. The molecule has 0 unspecified atom stereocenters. The highest BCUT2D eigenvalue weighted by molar-refractivity contribution is 8.01. The first-order valence-corrected chi connectivity index (χ1v) is 20.4. The summed E-state index contributed by atoms with van der Waals surface area (Å²) in [4.78, 5) is 69.0. The fourth-order valence-corrected chi connectivity index (χ4v) is 11.0. The maximum Gasteiger partial charge on any atom is 0.408 e. The van der Waals surface area contributed by atoms with Crippen LogP contribution in [0.3, 0.4) is 0 Å². The lowest BCUT2D eigenvalue weighted by atomic mass is 9.45. The van der Waals surface area contributed by atoms with E-state index in [4.69, 9.17) is 18.9 Å². The van der Waals surface area contributed by atoms with E-state index in [1.807, 2.05) is 0 Å². The molecule has 1 heterocycles. The van der Waals surface area contributed by atoms with Gasteiger partial charge in [0.25, 0.3) is 0 Å². The Morgan fingerprint density at radius 3 is 2.10 bits per heavy atom. The van der Waals surface area contributed by atoms with Crippen LogP contribution in [0, 0.1) is 16.7 Å². The molecule has 4 aliphatic rings. The molecule has 2 bridgehead atoms. The summed E-state index contributed by atoms with van der Waals surface area (Å²) in [6, 6.07) is 14.8. The zero-order valence-corrected chi connectivity index (χ0v) is 34.7. The molecule has 11 atom stereocenters. The molecule has 5 N–H and O–H groups in total. The molecule has 314 valence electrons. The second-order valence-corrected chi connectivity index (χ2v) is 18.8. The predicted molar refractivity (Wildman–Crippen MR) is 210 cm³/mol. The van der Waals surface area contributed by atoms with Crippen LogP contribution in [-0.4, -0.2) is 109 Å². The summed E-state index contributed by atoms with van der Waals surface area (Å²) < 4.78 is 23.9. The number of hydrogen-bond donors (Lipinski definition) is 5. The van der Waals surface area contributed by atoms with E-state index in [2.05, 4.69) is 5.32 Å². The predicted octanol–water partition coefficient (Wildman–Crippen LogP) is 3.98. The zero-order valence-electron chi connectivity index (χ0n) is 33.9. The first-order chi connectivity index (χ1) is 27.0. The van der Waals surface area contributed by atoms with Crippen molar-refractivity contribution in [1.82, 2.24) is 5.32 Å². The second-order valence-electron chi connectivity index (χ2n) is 17.6. The number of carbonyl (C=O) groups is 5. The van der Waals surface area contributed by atoms with Gasteiger partial charge in [-0.05, 0) is 69.9 Å². The number of alkyl carbamates (subject to hydrolysis) is 1. The first kappa shape index (κ1) is 43.3. The number of esters is 3. The molecule has 0 aromatic heterocycles. The van der Waals surface area contributed by atoms with E-state index >= 15 is 0 Å². The summed E-state index contributed by atoms with van der Waals surface area (Å²) in [5.41, 5.74) is -7.71. The molecule has 3 aliphatic carbocycles. The van der Waals surface area contributed by atoms with Crippen LogP contribution in [0.25, 0.3) is 0 Å². The molecule has 0 radical (unpaired) electrons. The summed E-state index contributed by atoms with van der Waals surface area (Å²) in [5.74, 6) is -4.97. The van der Waals surface area contributed by atoms with Gasteiger partial charge in [-0.25, -0.2) is 14.4 Å². The third-order valence-electron chi connectivity index (χ3n) is 12.6. The van der Waals surface area contributed by atoms with Crippen molar-refractivity contribution in [2.75, 3.05) is 5.75 Å². The van der Waals surface area contributed by atoms with Crippen molar-refractivity contribution in [3.05, 3.63) is 82.9 Å². The summed E-state index contributed by atoms with van der Waals surface area (Å²) in [6.07, 6.45) is -10.0. The van der Waals surface area contributed by atoms with E-state index in [1.54, 1.807) is 83.1 Å². The number of Topliss-reactive ketones (excluding diaryl/α,β-unsaturated/α-hetero) is 1. The maximum atomic E-state index is 15.0. The van der Waals surface area contributed by atoms with Crippen LogP contribution >= 0.6 is 11.8 Å². The number of ether oxygens (including phenoxy) is 4. The van der Waals surface area contributed by atoms with Crippen LogP contribution in [0.5, 0.6) is 0 Å². The Morgan fingerprint density at radius 1 is 0.948 bits per heavy atom. The first-order valence-electron chi connectivity index (χ1n) is 19.3. The lowest BCUT2D eigenvalue weighted by Gasteiger charge is -2.67. The lowest BCUT2D eigenvalue weighted by Crippen LogP contribution is -2.80. The zero-order chi connectivity index (χ0) is 42.7. The Hall–Kier alpha value is -4.28. The number of thioether (sulfide) groups is 1. The molecule has 1 saturated heterocycles. The number of carbonyl (C=O) groups excluding carboxylic acids is 5. The van der Waals surface area contributed by atoms with Gasteiger partial charge in [0.1, 0.15) is 35.1 Å². The Labute approximate surface area is 341 Å². The van der Waals surface area contributed by atoms with Gasteiger partial charge in [-0.2, -0.15) is 11.8 Å². The van der Waals surface area contributed by atoms with Gasteiger partial charge in [0.2, 0.25) is 0 Å². The molecule has 15 heteroatoms. The number of aliphatic hydroxyl groups excluding tert-OH is 3. The minimum absolute atomic E-state index is 0.000643. The highest BCUT2D eigenvalue weighted by Gasteiger charge is 2.77. The third-order valence-corrected chi connectivity index (χ3v) is 14.2. The van der Waals surface area contributed by atoms with Gasteiger partial charge in [0, 0.05) is 29.8 Å². The largest absolute Gasteiger partial charge is 0.457 e. The van der Waals surface area contributed by atoms with E-state index in [1.165, 1.54) is 44.7 Å². The summed E-state index contributed by atoms with van der Waals surface area (Å²) in [6.45, 7) is 12.3. The minimum Gasteiger partial charge on any atom is -0.457 e. The lowest BCUT2D eigenvalue weighted by molar-refractivity contribution is -0.260. The van der Waals surface area contributed by atoms with E-state index in [-0.39, 0.29) is 28.9 Å². The number of aliphatic hydroxyl groups is 4. The van der Waals surface area contributed by atoms with Crippen molar-refractivity contribution < 1.29 is 63.3 Å². The van der Waals surface area contributed by atoms with E-state index in [0.29, 0.717) is 5.56 Å². The monoisotopic (exact) mass is 823 g/mol. The fourth-order valence-electron chi connectivity index (χ4n) is 9.56. The van der Waals surface area contributed by atoms with Crippen LogP contribution in [0.1, 0.15) is 90.2 Å². The number of benzene rings is 2. The number of rotatable bonds is 8. The van der Waals surface area contributed by atoms with Gasteiger partial charge >= 0.3 is 24.0 Å². The molecule has 2 saturated carbocycles. The van der Waals surface area contributed by atoms with Gasteiger partial charge in [0.05, 0.1) is 29.0 Å².